The SMILES string of the molecule is NC(=O)CSc1nnc(Cc2csc(Nc3cccc(Cl)c3)n2)o1. The van der Waals surface area contributed by atoms with Crippen molar-refractivity contribution in [2.24, 2.45) is 5.73 Å². The fourth-order valence-electron chi connectivity index (χ4n) is 1.79. The van der Waals surface area contributed by atoms with Gasteiger partial charge < -0.3 is 15.5 Å². The van der Waals surface area contributed by atoms with Crippen molar-refractivity contribution in [3.63, 3.8) is 0 Å². The van der Waals surface area contributed by atoms with Gasteiger partial charge in [-0.05, 0) is 18.2 Å². The molecular weight excluding hydrogens is 370 g/mol. The number of thiazole rings is 1. The Hall–Kier alpha value is -2.10. The van der Waals surface area contributed by atoms with Crippen LogP contribution in [0.3, 0.4) is 0 Å². The van der Waals surface area contributed by atoms with Crippen LogP contribution in [0.15, 0.2) is 39.3 Å². The molecule has 0 radical (unpaired) electrons. The fraction of sp³-hybridized carbons (Fsp3) is 0.143. The number of nitrogens with one attached hydrogen (secondary N) is 1. The Labute approximate surface area is 150 Å². The zero-order valence-electron chi connectivity index (χ0n) is 12.2. The van der Waals surface area contributed by atoms with Crippen molar-refractivity contribution >= 4 is 51.4 Å². The molecule has 124 valence electrons. The molecule has 3 rings (SSSR count). The molecule has 2 heterocycles. The van der Waals surface area contributed by atoms with Crippen molar-refractivity contribution in [3.8, 4) is 0 Å². The summed E-state index contributed by atoms with van der Waals surface area (Å²) in [6, 6.07) is 7.41. The first-order valence-electron chi connectivity index (χ1n) is 6.79. The van der Waals surface area contributed by atoms with Crippen LogP contribution >= 0.6 is 34.7 Å². The van der Waals surface area contributed by atoms with Gasteiger partial charge in [-0.2, -0.15) is 0 Å². The van der Waals surface area contributed by atoms with Crippen molar-refractivity contribution in [2.75, 3.05) is 11.1 Å². The van der Waals surface area contributed by atoms with Gasteiger partial charge in [0.25, 0.3) is 5.22 Å². The van der Waals surface area contributed by atoms with E-state index in [1.807, 2.05) is 29.6 Å². The Morgan fingerprint density at radius 1 is 1.42 bits per heavy atom. The molecule has 0 aliphatic carbocycles. The Morgan fingerprint density at radius 2 is 2.29 bits per heavy atom. The van der Waals surface area contributed by atoms with Gasteiger partial charge in [-0.1, -0.05) is 29.4 Å². The summed E-state index contributed by atoms with van der Waals surface area (Å²) in [5, 5.41) is 14.6. The molecule has 0 bridgehead atoms. The molecule has 24 heavy (non-hydrogen) atoms. The predicted octanol–water partition coefficient (Wildman–Crippen LogP) is 3.09. The number of rotatable bonds is 7. The number of carbonyl (C=O) groups excluding carboxylic acids is 1. The lowest BCUT2D eigenvalue weighted by atomic mass is 10.3. The highest BCUT2D eigenvalue weighted by atomic mass is 35.5. The molecule has 0 unspecified atom stereocenters. The number of thioether (sulfide) groups is 1. The second kappa shape index (κ2) is 7.65. The van der Waals surface area contributed by atoms with Gasteiger partial charge in [0.15, 0.2) is 5.13 Å². The summed E-state index contributed by atoms with van der Waals surface area (Å²) in [6.45, 7) is 0. The summed E-state index contributed by atoms with van der Waals surface area (Å²) in [6.07, 6.45) is 0.415. The molecule has 0 aliphatic rings. The second-order valence-corrected chi connectivity index (χ2v) is 6.89. The summed E-state index contributed by atoms with van der Waals surface area (Å²) < 4.78 is 5.44. The normalized spacial score (nSPS) is 10.7. The molecule has 10 heteroatoms. The van der Waals surface area contributed by atoms with Gasteiger partial charge in [0, 0.05) is 16.1 Å². The topological polar surface area (TPSA) is 107 Å². The van der Waals surface area contributed by atoms with Crippen LogP contribution in [0.4, 0.5) is 10.8 Å². The van der Waals surface area contributed by atoms with E-state index in [0.29, 0.717) is 22.6 Å². The fourth-order valence-corrected chi connectivity index (χ4v) is 3.23. The number of hydrogen-bond acceptors (Lipinski definition) is 8. The van der Waals surface area contributed by atoms with E-state index < -0.39 is 5.91 Å². The smallest absolute Gasteiger partial charge is 0.277 e. The lowest BCUT2D eigenvalue weighted by Crippen LogP contribution is -2.12. The monoisotopic (exact) mass is 381 g/mol. The second-order valence-electron chi connectivity index (χ2n) is 4.67. The highest BCUT2D eigenvalue weighted by Gasteiger charge is 2.11. The van der Waals surface area contributed by atoms with Crippen LogP contribution in [0.5, 0.6) is 0 Å². The number of benzene rings is 1. The molecule has 0 aliphatic heterocycles. The first-order chi connectivity index (χ1) is 11.6. The summed E-state index contributed by atoms with van der Waals surface area (Å²) in [5.41, 5.74) is 6.74. The number of amides is 1. The number of primary amides is 1. The Kier molecular flexibility index (Phi) is 5.34. The van der Waals surface area contributed by atoms with Gasteiger partial charge >= 0.3 is 0 Å². The van der Waals surface area contributed by atoms with Crippen molar-refractivity contribution < 1.29 is 9.21 Å². The van der Waals surface area contributed by atoms with Gasteiger partial charge in [-0.25, -0.2) is 4.98 Å². The first-order valence-corrected chi connectivity index (χ1v) is 9.03. The maximum absolute atomic E-state index is 10.7. The van der Waals surface area contributed by atoms with Gasteiger partial charge in [0.05, 0.1) is 17.9 Å². The van der Waals surface area contributed by atoms with E-state index in [1.54, 1.807) is 0 Å². The van der Waals surface area contributed by atoms with Crippen LogP contribution in [0.2, 0.25) is 5.02 Å². The van der Waals surface area contributed by atoms with Crippen molar-refractivity contribution in [3.05, 3.63) is 46.3 Å². The minimum atomic E-state index is -0.434. The first kappa shape index (κ1) is 16.7. The van der Waals surface area contributed by atoms with Crippen LogP contribution in [0.1, 0.15) is 11.6 Å². The summed E-state index contributed by atoms with van der Waals surface area (Å²) in [7, 11) is 0. The third-order valence-corrected chi connectivity index (χ3v) is 4.63. The molecule has 2 aromatic heterocycles. The average Bonchev–Trinajstić information content (AvgIpc) is 3.15. The number of halogens is 1. The molecule has 3 aromatic rings. The Morgan fingerprint density at radius 3 is 3.08 bits per heavy atom. The standard InChI is InChI=1S/C14H12ClN5O2S2/c15-8-2-1-3-9(4-8)17-13-18-10(6-23-13)5-12-19-20-14(22-12)24-7-11(16)21/h1-4,6H,5,7H2,(H2,16,21)(H,17,18). The maximum atomic E-state index is 10.7. The quantitative estimate of drug-likeness (QED) is 0.605. The number of anilines is 2. The molecule has 0 saturated heterocycles. The molecule has 0 fully saturated rings. The highest BCUT2D eigenvalue weighted by Crippen LogP contribution is 2.24. The van der Waals surface area contributed by atoms with Gasteiger partial charge in [-0.3, -0.25) is 4.79 Å². The Bertz CT molecular complexity index is 851. The number of hydrogen-bond donors (Lipinski definition) is 2. The summed E-state index contributed by atoms with van der Waals surface area (Å²) in [5.74, 6) is 0.101. The number of nitrogens with zero attached hydrogens (tertiary/aromatic N) is 3. The highest BCUT2D eigenvalue weighted by molar-refractivity contribution is 7.99. The molecule has 0 saturated carbocycles. The third-order valence-electron chi connectivity index (χ3n) is 2.75. The van der Waals surface area contributed by atoms with Crippen LogP contribution in [-0.4, -0.2) is 26.8 Å². The number of carbonyl (C=O) groups is 1. The molecular formula is C14H12ClN5O2S2. The van der Waals surface area contributed by atoms with Gasteiger partial charge in [0.1, 0.15) is 0 Å². The van der Waals surface area contributed by atoms with Crippen LogP contribution in [-0.2, 0) is 11.2 Å². The van der Waals surface area contributed by atoms with E-state index in [1.165, 1.54) is 11.3 Å². The molecule has 0 atom stereocenters. The van der Waals surface area contributed by atoms with Gasteiger partial charge in [-0.15, -0.1) is 21.5 Å². The summed E-state index contributed by atoms with van der Waals surface area (Å²) >= 11 is 8.54. The minimum absolute atomic E-state index is 0.103. The van der Waals surface area contributed by atoms with Crippen LogP contribution in [0, 0.1) is 0 Å². The maximum Gasteiger partial charge on any atom is 0.277 e. The number of nitrogens with two attached hydrogens (primary N) is 1. The molecule has 3 N–H and O–H groups in total. The van der Waals surface area contributed by atoms with E-state index in [0.717, 1.165) is 28.3 Å². The predicted molar refractivity (Wildman–Crippen MR) is 93.9 cm³/mol. The Balaban J connectivity index is 1.60. The van der Waals surface area contributed by atoms with Crippen molar-refractivity contribution in [1.29, 1.82) is 0 Å². The van der Waals surface area contributed by atoms with Crippen molar-refractivity contribution in [1.82, 2.24) is 15.2 Å². The zero-order valence-corrected chi connectivity index (χ0v) is 14.6. The largest absolute Gasteiger partial charge is 0.416 e. The number of aromatic nitrogens is 3. The van der Waals surface area contributed by atoms with E-state index in [9.17, 15) is 4.79 Å². The summed E-state index contributed by atoms with van der Waals surface area (Å²) in [4.78, 5) is 15.2. The lowest BCUT2D eigenvalue weighted by Gasteiger charge is -2.01. The van der Waals surface area contributed by atoms with Crippen LogP contribution < -0.4 is 11.1 Å². The third kappa shape index (κ3) is 4.70. The lowest BCUT2D eigenvalue weighted by molar-refractivity contribution is -0.115. The van der Waals surface area contributed by atoms with Crippen LogP contribution in [0.25, 0.3) is 0 Å². The molecule has 0 spiro atoms. The average molecular weight is 382 g/mol. The zero-order chi connectivity index (χ0) is 16.9. The van der Waals surface area contributed by atoms with E-state index >= 15 is 0 Å². The van der Waals surface area contributed by atoms with E-state index in [-0.39, 0.29) is 5.75 Å². The van der Waals surface area contributed by atoms with Gasteiger partial charge in [0.2, 0.25) is 11.8 Å². The van der Waals surface area contributed by atoms with Crippen molar-refractivity contribution in [2.45, 2.75) is 11.6 Å². The van der Waals surface area contributed by atoms with E-state index in [4.69, 9.17) is 21.8 Å². The molecule has 1 amide bonds. The molecule has 1 aromatic carbocycles. The van der Waals surface area contributed by atoms with E-state index in [2.05, 4.69) is 20.5 Å². The molecule has 7 nitrogen and oxygen atoms in total. The minimum Gasteiger partial charge on any atom is -0.416 e.